The second kappa shape index (κ2) is 7.20. The van der Waals surface area contributed by atoms with Crippen LogP contribution in [0.5, 0.6) is 17.2 Å². The average molecular weight is 404 g/mol. The third-order valence-corrected chi connectivity index (χ3v) is 5.89. The van der Waals surface area contributed by atoms with Crippen LogP contribution in [0.1, 0.15) is 5.69 Å². The van der Waals surface area contributed by atoms with E-state index in [4.69, 9.17) is 14.5 Å². The number of hydrogen-bond donors (Lipinski definition) is 1. The highest BCUT2D eigenvalue weighted by Crippen LogP contribution is 2.35. The topological polar surface area (TPSA) is 91.5 Å². The van der Waals surface area contributed by atoms with Gasteiger partial charge in [-0.05, 0) is 30.3 Å². The predicted molar refractivity (Wildman–Crippen MR) is 111 cm³/mol. The van der Waals surface area contributed by atoms with Crippen molar-refractivity contribution in [2.75, 3.05) is 31.2 Å². The summed E-state index contributed by atoms with van der Waals surface area (Å²) in [7, 11) is 0. The minimum atomic E-state index is 0.0116. The van der Waals surface area contributed by atoms with E-state index >= 15 is 0 Å². The number of anilines is 1. The Morgan fingerprint density at radius 1 is 1.10 bits per heavy atom. The van der Waals surface area contributed by atoms with Gasteiger partial charge in [-0.25, -0.2) is 9.97 Å². The fourth-order valence-corrected chi connectivity index (χ4v) is 4.39. The summed E-state index contributed by atoms with van der Waals surface area (Å²) >= 11 is 1.63. The van der Waals surface area contributed by atoms with Crippen molar-refractivity contribution in [2.45, 2.75) is 0 Å². The Labute approximate surface area is 170 Å². The molecule has 29 heavy (non-hydrogen) atoms. The van der Waals surface area contributed by atoms with Crippen LogP contribution in [-0.4, -0.2) is 41.4 Å². The minimum Gasteiger partial charge on any atom is -0.506 e. The Kier molecular flexibility index (Phi) is 4.39. The zero-order valence-corrected chi connectivity index (χ0v) is 16.1. The smallest absolute Gasteiger partial charge is 0.186 e. The molecule has 1 N–H and O–H groups in total. The van der Waals surface area contributed by atoms with Gasteiger partial charge in [0.1, 0.15) is 29.0 Å². The predicted octanol–water partition coefficient (Wildman–Crippen LogP) is 4.05. The summed E-state index contributed by atoms with van der Waals surface area (Å²) in [6.45, 7) is 3.15. The van der Waals surface area contributed by atoms with Crippen LogP contribution < -0.4 is 9.64 Å². The van der Waals surface area contributed by atoms with E-state index in [2.05, 4.69) is 9.88 Å². The molecule has 0 bridgehead atoms. The van der Waals surface area contributed by atoms with Crippen LogP contribution in [-0.2, 0) is 4.74 Å². The largest absolute Gasteiger partial charge is 0.506 e. The minimum absolute atomic E-state index is 0.0116. The molecule has 0 atom stereocenters. The summed E-state index contributed by atoms with van der Waals surface area (Å²) in [5.41, 5.74) is 1.20. The quantitative estimate of drug-likeness (QED) is 0.551. The van der Waals surface area contributed by atoms with Crippen LogP contribution in [0, 0.1) is 11.3 Å². The first-order valence-electron chi connectivity index (χ1n) is 9.14. The zero-order chi connectivity index (χ0) is 19.8. The molecule has 1 fully saturated rings. The number of pyridine rings is 1. The van der Waals surface area contributed by atoms with E-state index < -0.39 is 0 Å². The van der Waals surface area contributed by atoms with Crippen LogP contribution in [0.4, 0.5) is 5.13 Å². The number of aromatic nitrogens is 2. The molecule has 0 amide bonds. The fraction of sp³-hybridized carbons (Fsp3) is 0.190. The fourth-order valence-electron chi connectivity index (χ4n) is 3.34. The van der Waals surface area contributed by atoms with E-state index in [1.54, 1.807) is 29.5 Å². The number of morpholine rings is 1. The molecule has 5 rings (SSSR count). The molecular weight excluding hydrogens is 388 g/mol. The number of nitrogens with zero attached hydrogens (tertiary/aromatic N) is 4. The van der Waals surface area contributed by atoms with E-state index in [1.807, 2.05) is 24.3 Å². The van der Waals surface area contributed by atoms with E-state index in [9.17, 15) is 10.4 Å². The molecule has 8 heteroatoms. The second-order valence-electron chi connectivity index (χ2n) is 6.64. The van der Waals surface area contributed by atoms with Gasteiger partial charge in [0.2, 0.25) is 0 Å². The van der Waals surface area contributed by atoms with Crippen LogP contribution in [0.25, 0.3) is 21.0 Å². The maximum absolute atomic E-state index is 10.1. The molecule has 2 aromatic carbocycles. The summed E-state index contributed by atoms with van der Waals surface area (Å²) < 4.78 is 12.5. The maximum atomic E-state index is 10.1. The molecule has 0 saturated carbocycles. The second-order valence-corrected chi connectivity index (χ2v) is 7.65. The van der Waals surface area contributed by atoms with Gasteiger partial charge >= 0.3 is 0 Å². The number of hydrogen-bond acceptors (Lipinski definition) is 8. The first-order valence-corrected chi connectivity index (χ1v) is 9.96. The molecular formula is C21H16N4O3S. The van der Waals surface area contributed by atoms with E-state index in [0.717, 1.165) is 41.7 Å². The average Bonchev–Trinajstić information content (AvgIpc) is 3.18. The van der Waals surface area contributed by atoms with Crippen LogP contribution in [0.15, 0.2) is 42.6 Å². The van der Waals surface area contributed by atoms with E-state index in [1.165, 1.54) is 6.20 Å². The highest BCUT2D eigenvalue weighted by molar-refractivity contribution is 7.22. The lowest BCUT2D eigenvalue weighted by Gasteiger charge is -2.25. The van der Waals surface area contributed by atoms with Gasteiger partial charge in [-0.2, -0.15) is 5.26 Å². The highest BCUT2D eigenvalue weighted by Gasteiger charge is 2.16. The van der Waals surface area contributed by atoms with Crippen LogP contribution in [0.3, 0.4) is 0 Å². The molecule has 0 spiro atoms. The number of fused-ring (bicyclic) bond motifs is 2. The van der Waals surface area contributed by atoms with Crippen molar-refractivity contribution in [2.24, 2.45) is 0 Å². The van der Waals surface area contributed by atoms with Gasteiger partial charge in [-0.1, -0.05) is 11.3 Å². The summed E-state index contributed by atoms with van der Waals surface area (Å²) in [4.78, 5) is 10.9. The van der Waals surface area contributed by atoms with Gasteiger partial charge in [-0.3, -0.25) is 0 Å². The number of rotatable bonds is 3. The molecule has 1 aliphatic heterocycles. The van der Waals surface area contributed by atoms with E-state index in [0.29, 0.717) is 22.3 Å². The van der Waals surface area contributed by atoms with Crippen molar-refractivity contribution >= 4 is 37.5 Å². The number of benzene rings is 2. The van der Waals surface area contributed by atoms with Crippen molar-refractivity contribution in [3.05, 3.63) is 48.3 Å². The summed E-state index contributed by atoms with van der Waals surface area (Å²) in [5, 5.41) is 21.4. The molecule has 0 radical (unpaired) electrons. The number of aromatic hydroxyl groups is 1. The van der Waals surface area contributed by atoms with Crippen molar-refractivity contribution in [1.82, 2.24) is 9.97 Å². The Bertz CT molecular complexity index is 1260. The van der Waals surface area contributed by atoms with E-state index in [-0.39, 0.29) is 11.4 Å². The molecule has 4 aromatic rings. The lowest BCUT2D eigenvalue weighted by molar-refractivity contribution is 0.122. The third kappa shape index (κ3) is 3.31. The normalized spacial score (nSPS) is 14.2. The van der Waals surface area contributed by atoms with Gasteiger partial charge in [0.05, 0.1) is 29.6 Å². The Hall–Kier alpha value is -3.41. The monoisotopic (exact) mass is 404 g/mol. The Morgan fingerprint density at radius 2 is 1.90 bits per heavy atom. The van der Waals surface area contributed by atoms with Gasteiger partial charge in [0.25, 0.3) is 0 Å². The third-order valence-electron chi connectivity index (χ3n) is 4.81. The molecule has 144 valence electrons. The SMILES string of the molecule is N#Cc1ncc(O)c2cc(Oc3ccc4nc(N5CCOCC5)sc4c3)ccc12. The molecule has 3 heterocycles. The van der Waals surface area contributed by atoms with Gasteiger partial charge < -0.3 is 19.5 Å². The number of thiazole rings is 1. The first kappa shape index (κ1) is 17.7. The van der Waals surface area contributed by atoms with Crippen molar-refractivity contribution in [3.8, 4) is 23.3 Å². The number of nitriles is 1. The summed E-state index contributed by atoms with van der Waals surface area (Å²) in [5.74, 6) is 1.26. The van der Waals surface area contributed by atoms with Crippen LogP contribution in [0.2, 0.25) is 0 Å². The standard InChI is InChI=1S/C21H16N4O3S/c22-11-18-15-3-1-13(9-16(15)19(26)12-23-18)28-14-2-4-17-20(10-14)29-21(24-17)25-5-7-27-8-6-25/h1-4,9-10,12,26H,5-8H2. The lowest BCUT2D eigenvalue weighted by atomic mass is 10.1. The molecule has 1 saturated heterocycles. The molecule has 0 aliphatic carbocycles. The van der Waals surface area contributed by atoms with Gasteiger partial charge in [0.15, 0.2) is 5.13 Å². The zero-order valence-electron chi connectivity index (χ0n) is 15.3. The Morgan fingerprint density at radius 3 is 2.72 bits per heavy atom. The highest BCUT2D eigenvalue weighted by atomic mass is 32.1. The van der Waals surface area contributed by atoms with Crippen molar-refractivity contribution in [1.29, 1.82) is 5.26 Å². The van der Waals surface area contributed by atoms with Crippen molar-refractivity contribution in [3.63, 3.8) is 0 Å². The molecule has 7 nitrogen and oxygen atoms in total. The van der Waals surface area contributed by atoms with Crippen molar-refractivity contribution < 1.29 is 14.6 Å². The molecule has 2 aromatic heterocycles. The Balaban J connectivity index is 1.45. The first-order chi connectivity index (χ1) is 14.2. The van der Waals surface area contributed by atoms with Gasteiger partial charge in [-0.15, -0.1) is 0 Å². The summed E-state index contributed by atoms with van der Waals surface area (Å²) in [6.07, 6.45) is 1.28. The number of ether oxygens (including phenoxy) is 2. The van der Waals surface area contributed by atoms with Crippen LogP contribution >= 0.6 is 11.3 Å². The maximum Gasteiger partial charge on any atom is 0.186 e. The molecule has 1 aliphatic rings. The summed E-state index contributed by atoms with van der Waals surface area (Å²) in [6, 6.07) is 13.0. The molecule has 0 unspecified atom stereocenters. The van der Waals surface area contributed by atoms with Gasteiger partial charge in [0, 0.05) is 29.9 Å². The lowest BCUT2D eigenvalue weighted by Crippen LogP contribution is -2.36.